The minimum absolute atomic E-state index is 0.190. The van der Waals surface area contributed by atoms with Gasteiger partial charge in [-0.15, -0.1) is 0 Å². The van der Waals surface area contributed by atoms with Gasteiger partial charge in [-0.1, -0.05) is 29.8 Å². The van der Waals surface area contributed by atoms with Crippen LogP contribution in [0.15, 0.2) is 73.1 Å². The van der Waals surface area contributed by atoms with Crippen LogP contribution >= 0.6 is 0 Å². The number of nitrogens with zero attached hydrogens (tertiary/aromatic N) is 3. The summed E-state index contributed by atoms with van der Waals surface area (Å²) in [6.45, 7) is 6.93. The Labute approximate surface area is 211 Å². The maximum absolute atomic E-state index is 13.7. The van der Waals surface area contributed by atoms with Crippen molar-refractivity contribution in [2.24, 2.45) is 0 Å². The lowest BCUT2D eigenvalue weighted by atomic mass is 10.1. The third-order valence-electron chi connectivity index (χ3n) is 6.48. The van der Waals surface area contributed by atoms with E-state index in [1.165, 1.54) is 23.3 Å². The number of halogens is 1. The SMILES string of the molecule is Cc1ccc2nc(OCc3cccc(F)c3)c(CNC[C@@H](c3cccnc3)N3CCOCC3)cc2c1. The van der Waals surface area contributed by atoms with Crippen LogP contribution in [-0.4, -0.2) is 47.7 Å². The van der Waals surface area contributed by atoms with Crippen molar-refractivity contribution in [2.75, 3.05) is 32.8 Å². The smallest absolute Gasteiger partial charge is 0.218 e. The Hall–Kier alpha value is -3.39. The lowest BCUT2D eigenvalue weighted by Gasteiger charge is -2.34. The summed E-state index contributed by atoms with van der Waals surface area (Å²) < 4.78 is 25.3. The highest BCUT2D eigenvalue weighted by Gasteiger charge is 2.23. The van der Waals surface area contributed by atoms with Gasteiger partial charge in [-0.05, 0) is 54.4 Å². The van der Waals surface area contributed by atoms with E-state index in [9.17, 15) is 4.39 Å². The molecule has 3 heterocycles. The first-order chi connectivity index (χ1) is 17.7. The number of hydrogen-bond donors (Lipinski definition) is 1. The molecule has 2 aromatic carbocycles. The van der Waals surface area contributed by atoms with E-state index in [0.29, 0.717) is 12.4 Å². The van der Waals surface area contributed by atoms with Crippen LogP contribution in [0.3, 0.4) is 0 Å². The molecule has 0 bridgehead atoms. The number of morpholine rings is 1. The number of benzene rings is 2. The highest BCUT2D eigenvalue weighted by atomic mass is 19.1. The van der Waals surface area contributed by atoms with Crippen molar-refractivity contribution < 1.29 is 13.9 Å². The average Bonchev–Trinajstić information content (AvgIpc) is 2.91. The number of ether oxygens (including phenoxy) is 2. The lowest BCUT2D eigenvalue weighted by molar-refractivity contribution is 0.0160. The zero-order valence-corrected chi connectivity index (χ0v) is 20.5. The van der Waals surface area contributed by atoms with Crippen LogP contribution in [0.5, 0.6) is 5.88 Å². The van der Waals surface area contributed by atoms with Gasteiger partial charge in [0, 0.05) is 55.6 Å². The fraction of sp³-hybridized carbons (Fsp3) is 0.310. The molecular weight excluding hydrogens is 455 g/mol. The Bertz CT molecular complexity index is 1300. The Morgan fingerprint density at radius 3 is 2.78 bits per heavy atom. The van der Waals surface area contributed by atoms with Crippen LogP contribution in [0.25, 0.3) is 10.9 Å². The number of nitrogens with one attached hydrogen (secondary N) is 1. The average molecular weight is 487 g/mol. The van der Waals surface area contributed by atoms with E-state index in [4.69, 9.17) is 14.5 Å². The molecule has 1 fully saturated rings. The van der Waals surface area contributed by atoms with Gasteiger partial charge >= 0.3 is 0 Å². The summed E-state index contributed by atoms with van der Waals surface area (Å²) in [4.78, 5) is 11.6. The molecule has 0 saturated carbocycles. The second-order valence-corrected chi connectivity index (χ2v) is 9.15. The van der Waals surface area contributed by atoms with Gasteiger partial charge in [0.2, 0.25) is 5.88 Å². The predicted octanol–water partition coefficient (Wildman–Crippen LogP) is 4.82. The summed E-state index contributed by atoms with van der Waals surface area (Å²) >= 11 is 0. The van der Waals surface area contributed by atoms with Crippen molar-refractivity contribution >= 4 is 10.9 Å². The summed E-state index contributed by atoms with van der Waals surface area (Å²) in [5.74, 6) is 0.289. The van der Waals surface area contributed by atoms with Crippen molar-refractivity contribution in [3.8, 4) is 5.88 Å². The Balaban J connectivity index is 1.35. The number of fused-ring (bicyclic) bond motifs is 1. The van der Waals surface area contributed by atoms with Crippen LogP contribution in [0, 0.1) is 12.7 Å². The molecule has 186 valence electrons. The topological polar surface area (TPSA) is 59.5 Å². The zero-order chi connectivity index (χ0) is 24.7. The first-order valence-electron chi connectivity index (χ1n) is 12.4. The van der Waals surface area contributed by atoms with Crippen LogP contribution in [0.2, 0.25) is 0 Å². The molecule has 1 saturated heterocycles. The monoisotopic (exact) mass is 486 g/mol. The van der Waals surface area contributed by atoms with Crippen molar-refractivity contribution in [1.29, 1.82) is 0 Å². The van der Waals surface area contributed by atoms with E-state index in [0.717, 1.165) is 54.9 Å². The number of rotatable bonds is 9. The highest BCUT2D eigenvalue weighted by Crippen LogP contribution is 2.25. The van der Waals surface area contributed by atoms with Crippen molar-refractivity contribution in [1.82, 2.24) is 20.2 Å². The molecule has 0 aliphatic carbocycles. The molecule has 1 aliphatic rings. The Kier molecular flexibility index (Phi) is 7.81. The standard InChI is InChI=1S/C29H31FN4O2/c1-21-7-8-27-24(14-21)16-25(29(33-27)36-20-22-4-2-6-26(30)15-22)18-32-19-28(23-5-3-9-31-17-23)34-10-12-35-13-11-34/h2-9,14-17,28,32H,10-13,18-20H2,1H3/t28-/m0/s1. The molecule has 6 nitrogen and oxygen atoms in total. The molecule has 36 heavy (non-hydrogen) atoms. The van der Waals surface area contributed by atoms with Crippen LogP contribution in [0.1, 0.15) is 28.3 Å². The van der Waals surface area contributed by atoms with Gasteiger partial charge in [0.05, 0.1) is 18.7 Å². The quantitative estimate of drug-likeness (QED) is 0.366. The minimum atomic E-state index is -0.274. The van der Waals surface area contributed by atoms with Crippen LogP contribution < -0.4 is 10.1 Å². The van der Waals surface area contributed by atoms with E-state index in [2.05, 4.69) is 40.3 Å². The molecular formula is C29H31FN4O2. The van der Waals surface area contributed by atoms with Gasteiger partial charge in [0.1, 0.15) is 12.4 Å². The normalized spacial score (nSPS) is 15.2. The van der Waals surface area contributed by atoms with Crippen molar-refractivity contribution in [2.45, 2.75) is 26.1 Å². The molecule has 0 spiro atoms. The summed E-state index contributed by atoms with van der Waals surface area (Å²) in [6.07, 6.45) is 3.74. The maximum atomic E-state index is 13.7. The van der Waals surface area contributed by atoms with E-state index < -0.39 is 0 Å². The van der Waals surface area contributed by atoms with E-state index in [1.807, 2.05) is 30.5 Å². The molecule has 5 rings (SSSR count). The molecule has 1 atom stereocenters. The second-order valence-electron chi connectivity index (χ2n) is 9.15. The summed E-state index contributed by atoms with van der Waals surface area (Å²) in [5.41, 5.74) is 4.97. The molecule has 0 unspecified atom stereocenters. The van der Waals surface area contributed by atoms with Gasteiger partial charge in [-0.25, -0.2) is 9.37 Å². The molecule has 2 aromatic heterocycles. The van der Waals surface area contributed by atoms with Gasteiger partial charge < -0.3 is 14.8 Å². The minimum Gasteiger partial charge on any atom is -0.473 e. The molecule has 1 aliphatic heterocycles. The Morgan fingerprint density at radius 2 is 1.97 bits per heavy atom. The fourth-order valence-corrected chi connectivity index (χ4v) is 4.62. The van der Waals surface area contributed by atoms with Crippen LogP contribution in [0.4, 0.5) is 4.39 Å². The first kappa shape index (κ1) is 24.3. The van der Waals surface area contributed by atoms with E-state index >= 15 is 0 Å². The van der Waals surface area contributed by atoms with Crippen molar-refractivity contribution in [3.63, 3.8) is 0 Å². The highest BCUT2D eigenvalue weighted by molar-refractivity contribution is 5.80. The van der Waals surface area contributed by atoms with E-state index in [1.54, 1.807) is 12.3 Å². The summed E-state index contributed by atoms with van der Waals surface area (Å²) in [7, 11) is 0. The van der Waals surface area contributed by atoms with Crippen molar-refractivity contribution in [3.05, 3.63) is 101 Å². The fourth-order valence-electron chi connectivity index (χ4n) is 4.62. The van der Waals surface area contributed by atoms with Gasteiger partial charge in [-0.3, -0.25) is 9.88 Å². The molecule has 0 radical (unpaired) electrons. The Morgan fingerprint density at radius 1 is 1.08 bits per heavy atom. The number of aromatic nitrogens is 2. The number of pyridine rings is 2. The van der Waals surface area contributed by atoms with E-state index in [-0.39, 0.29) is 18.5 Å². The molecule has 4 aromatic rings. The summed E-state index contributed by atoms with van der Waals surface area (Å²) in [6, 6.07) is 19.1. The number of aryl methyl sites for hydroxylation is 1. The zero-order valence-electron chi connectivity index (χ0n) is 20.5. The third-order valence-corrected chi connectivity index (χ3v) is 6.48. The largest absolute Gasteiger partial charge is 0.473 e. The second kappa shape index (κ2) is 11.6. The summed E-state index contributed by atoms with van der Waals surface area (Å²) in [5, 5.41) is 4.71. The third kappa shape index (κ3) is 6.05. The van der Waals surface area contributed by atoms with Gasteiger partial charge in [-0.2, -0.15) is 0 Å². The molecule has 7 heteroatoms. The molecule has 0 amide bonds. The maximum Gasteiger partial charge on any atom is 0.218 e. The van der Waals surface area contributed by atoms with Crippen LogP contribution in [-0.2, 0) is 17.9 Å². The first-order valence-corrected chi connectivity index (χ1v) is 12.4. The van der Waals surface area contributed by atoms with Gasteiger partial charge in [0.25, 0.3) is 0 Å². The predicted molar refractivity (Wildman–Crippen MR) is 138 cm³/mol. The molecule has 1 N–H and O–H groups in total. The lowest BCUT2D eigenvalue weighted by Crippen LogP contribution is -2.42. The van der Waals surface area contributed by atoms with Gasteiger partial charge in [0.15, 0.2) is 0 Å². The number of hydrogen-bond acceptors (Lipinski definition) is 6.